The fourth-order valence-corrected chi connectivity index (χ4v) is 7.38. The quantitative estimate of drug-likeness (QED) is 0.171. The Labute approximate surface area is 281 Å². The zero-order chi connectivity index (χ0) is 31.9. The summed E-state index contributed by atoms with van der Waals surface area (Å²) in [6.45, 7) is 0. The Morgan fingerprint density at radius 2 is 0.604 bits per heavy atom. The van der Waals surface area contributed by atoms with Crippen LogP contribution in [0.25, 0.3) is 88.0 Å². The summed E-state index contributed by atoms with van der Waals surface area (Å²) < 4.78 is 0. The molecule has 0 aliphatic heterocycles. The van der Waals surface area contributed by atoms with Gasteiger partial charge in [0, 0.05) is 0 Å². The minimum atomic E-state index is 1.21. The van der Waals surface area contributed by atoms with E-state index in [1.165, 1.54) is 88.0 Å². The molecule has 224 valence electrons. The van der Waals surface area contributed by atoms with Crippen LogP contribution in [0.4, 0.5) is 0 Å². The van der Waals surface area contributed by atoms with E-state index < -0.39 is 0 Å². The largest absolute Gasteiger partial charge is 0.0622 e. The second-order valence-corrected chi connectivity index (χ2v) is 12.5. The molecule has 0 N–H and O–H groups in total. The van der Waals surface area contributed by atoms with Crippen LogP contribution in [0.3, 0.4) is 0 Å². The van der Waals surface area contributed by atoms with E-state index in [0.29, 0.717) is 0 Å². The standard InChI is InChI=1S/C48H32/c1-4-14-33(15-5-1)35-24-26-36(27-25-35)45-32-40(34-16-6-2-7-17-34)30-38-28-29-39(31-46(38)45)48-43-22-12-10-20-41(43)47(37-18-8-3-9-19-37)42-21-11-13-23-44(42)48/h1-32H. The lowest BCUT2D eigenvalue weighted by molar-refractivity contribution is 1.59. The summed E-state index contributed by atoms with van der Waals surface area (Å²) in [5.74, 6) is 0. The van der Waals surface area contributed by atoms with Crippen molar-refractivity contribution in [3.8, 4) is 55.6 Å². The van der Waals surface area contributed by atoms with Crippen molar-refractivity contribution in [2.24, 2.45) is 0 Å². The minimum Gasteiger partial charge on any atom is -0.0622 e. The minimum absolute atomic E-state index is 1.21. The highest BCUT2D eigenvalue weighted by Crippen LogP contribution is 2.45. The Balaban J connectivity index is 1.30. The van der Waals surface area contributed by atoms with Gasteiger partial charge in [-0.15, -0.1) is 0 Å². The molecule has 9 aromatic rings. The van der Waals surface area contributed by atoms with Gasteiger partial charge < -0.3 is 0 Å². The Morgan fingerprint density at radius 3 is 1.15 bits per heavy atom. The maximum absolute atomic E-state index is 2.42. The normalized spacial score (nSPS) is 11.3. The summed E-state index contributed by atoms with van der Waals surface area (Å²) in [7, 11) is 0. The van der Waals surface area contributed by atoms with Crippen LogP contribution < -0.4 is 0 Å². The van der Waals surface area contributed by atoms with Crippen LogP contribution in [0.5, 0.6) is 0 Å². The number of fused-ring (bicyclic) bond motifs is 3. The third-order valence-corrected chi connectivity index (χ3v) is 9.65. The molecule has 0 saturated heterocycles. The lowest BCUT2D eigenvalue weighted by Crippen LogP contribution is -1.91. The number of rotatable bonds is 5. The molecular weight excluding hydrogens is 577 g/mol. The van der Waals surface area contributed by atoms with E-state index >= 15 is 0 Å². The van der Waals surface area contributed by atoms with Crippen molar-refractivity contribution in [3.05, 3.63) is 194 Å². The first-order valence-electron chi connectivity index (χ1n) is 16.6. The van der Waals surface area contributed by atoms with Gasteiger partial charge in [-0.05, 0) is 106 Å². The molecule has 0 heteroatoms. The van der Waals surface area contributed by atoms with Crippen LogP contribution >= 0.6 is 0 Å². The molecule has 9 aromatic carbocycles. The molecule has 0 amide bonds. The van der Waals surface area contributed by atoms with Crippen LogP contribution in [-0.2, 0) is 0 Å². The first-order valence-corrected chi connectivity index (χ1v) is 16.6. The van der Waals surface area contributed by atoms with Crippen molar-refractivity contribution in [2.45, 2.75) is 0 Å². The molecule has 48 heavy (non-hydrogen) atoms. The summed E-state index contributed by atoms with van der Waals surface area (Å²) in [6.07, 6.45) is 0. The van der Waals surface area contributed by atoms with Crippen molar-refractivity contribution in [1.29, 1.82) is 0 Å². The van der Waals surface area contributed by atoms with Gasteiger partial charge in [-0.3, -0.25) is 0 Å². The van der Waals surface area contributed by atoms with E-state index in [1.807, 2.05) is 0 Å². The second-order valence-electron chi connectivity index (χ2n) is 12.5. The van der Waals surface area contributed by atoms with Gasteiger partial charge in [-0.1, -0.05) is 176 Å². The summed E-state index contributed by atoms with van der Waals surface area (Å²) in [5, 5.41) is 7.56. The van der Waals surface area contributed by atoms with E-state index in [0.717, 1.165) is 0 Å². The summed E-state index contributed by atoms with van der Waals surface area (Å²) in [4.78, 5) is 0. The van der Waals surface area contributed by atoms with Crippen molar-refractivity contribution in [2.75, 3.05) is 0 Å². The van der Waals surface area contributed by atoms with Gasteiger partial charge in [0.15, 0.2) is 0 Å². The smallest absolute Gasteiger partial charge is 0.00261 e. The highest BCUT2D eigenvalue weighted by atomic mass is 14.2. The van der Waals surface area contributed by atoms with Gasteiger partial charge in [0.2, 0.25) is 0 Å². The molecule has 0 atom stereocenters. The molecule has 0 spiro atoms. The van der Waals surface area contributed by atoms with Crippen molar-refractivity contribution in [1.82, 2.24) is 0 Å². The van der Waals surface area contributed by atoms with Gasteiger partial charge in [0.25, 0.3) is 0 Å². The fraction of sp³-hybridized carbons (Fsp3) is 0. The van der Waals surface area contributed by atoms with E-state index in [1.54, 1.807) is 0 Å². The highest BCUT2D eigenvalue weighted by Gasteiger charge is 2.17. The molecule has 0 radical (unpaired) electrons. The Morgan fingerprint density at radius 1 is 0.208 bits per heavy atom. The van der Waals surface area contributed by atoms with Gasteiger partial charge in [-0.2, -0.15) is 0 Å². The molecule has 0 aromatic heterocycles. The van der Waals surface area contributed by atoms with Crippen molar-refractivity contribution in [3.63, 3.8) is 0 Å². The Kier molecular flexibility index (Phi) is 6.91. The van der Waals surface area contributed by atoms with Crippen LogP contribution in [0.1, 0.15) is 0 Å². The maximum atomic E-state index is 2.42. The summed E-state index contributed by atoms with van der Waals surface area (Å²) in [6, 6.07) is 70.7. The SMILES string of the molecule is c1ccc(-c2ccc(-c3cc(-c4ccccc4)cc4ccc(-c5c6ccccc6c(-c6ccccc6)c6ccccc56)cc34)cc2)cc1. The van der Waals surface area contributed by atoms with Gasteiger partial charge in [0.05, 0.1) is 0 Å². The molecule has 0 nitrogen and oxygen atoms in total. The van der Waals surface area contributed by atoms with Crippen LogP contribution in [-0.4, -0.2) is 0 Å². The molecule has 0 bridgehead atoms. The monoisotopic (exact) mass is 608 g/mol. The molecule has 0 fully saturated rings. The zero-order valence-electron chi connectivity index (χ0n) is 26.5. The first-order chi connectivity index (χ1) is 23.8. The summed E-state index contributed by atoms with van der Waals surface area (Å²) in [5.41, 5.74) is 12.4. The van der Waals surface area contributed by atoms with Crippen molar-refractivity contribution < 1.29 is 0 Å². The van der Waals surface area contributed by atoms with E-state index in [9.17, 15) is 0 Å². The molecule has 9 rings (SSSR count). The number of hydrogen-bond acceptors (Lipinski definition) is 0. The molecule has 0 aliphatic rings. The fourth-order valence-electron chi connectivity index (χ4n) is 7.38. The molecule has 0 aliphatic carbocycles. The van der Waals surface area contributed by atoms with Gasteiger partial charge >= 0.3 is 0 Å². The topological polar surface area (TPSA) is 0 Å². The molecule has 0 heterocycles. The second kappa shape index (κ2) is 11.8. The van der Waals surface area contributed by atoms with Crippen LogP contribution in [0.15, 0.2) is 194 Å². The molecule has 0 saturated carbocycles. The molecular formula is C48H32. The van der Waals surface area contributed by atoms with E-state index in [2.05, 4.69) is 194 Å². The van der Waals surface area contributed by atoms with Gasteiger partial charge in [0.1, 0.15) is 0 Å². The van der Waals surface area contributed by atoms with Crippen LogP contribution in [0, 0.1) is 0 Å². The predicted molar refractivity (Wildman–Crippen MR) is 206 cm³/mol. The van der Waals surface area contributed by atoms with Crippen molar-refractivity contribution >= 4 is 32.3 Å². The van der Waals surface area contributed by atoms with Crippen LogP contribution in [0.2, 0.25) is 0 Å². The van der Waals surface area contributed by atoms with Gasteiger partial charge in [-0.25, -0.2) is 0 Å². The number of hydrogen-bond donors (Lipinski definition) is 0. The molecule has 0 unspecified atom stereocenters. The summed E-state index contributed by atoms with van der Waals surface area (Å²) >= 11 is 0. The first kappa shape index (κ1) is 28.0. The maximum Gasteiger partial charge on any atom is -0.00261 e. The third-order valence-electron chi connectivity index (χ3n) is 9.65. The average molecular weight is 609 g/mol. The number of benzene rings is 9. The average Bonchev–Trinajstić information content (AvgIpc) is 3.17. The Hall–Kier alpha value is -6.24. The lowest BCUT2D eigenvalue weighted by Gasteiger charge is -2.19. The lowest BCUT2D eigenvalue weighted by atomic mass is 9.85. The highest BCUT2D eigenvalue weighted by molar-refractivity contribution is 6.22. The predicted octanol–water partition coefficient (Wildman–Crippen LogP) is 13.5. The zero-order valence-corrected chi connectivity index (χ0v) is 26.5. The van der Waals surface area contributed by atoms with E-state index in [4.69, 9.17) is 0 Å². The third kappa shape index (κ3) is 4.87. The Bertz CT molecular complexity index is 2510. The van der Waals surface area contributed by atoms with E-state index in [-0.39, 0.29) is 0 Å².